The van der Waals surface area contributed by atoms with Gasteiger partial charge in [0.15, 0.2) is 11.6 Å². The molecule has 2 aliphatic rings. The summed E-state index contributed by atoms with van der Waals surface area (Å²) in [6.45, 7) is 1.69. The average Bonchev–Trinajstić information content (AvgIpc) is 3.20. The lowest BCUT2D eigenvalue weighted by Crippen LogP contribution is -2.60. The minimum atomic E-state index is -1.28. The first-order chi connectivity index (χ1) is 14.0. The second-order valence-corrected chi connectivity index (χ2v) is 7.40. The molecule has 2 aromatic carbocycles. The molecule has 2 aliphatic heterocycles. The van der Waals surface area contributed by atoms with Gasteiger partial charge in [-0.3, -0.25) is 24.3 Å². The number of pyridine rings is 1. The number of nitrogens with zero attached hydrogens (tertiary/aromatic N) is 2. The van der Waals surface area contributed by atoms with Crippen molar-refractivity contribution in [3.8, 4) is 0 Å². The number of aromatic nitrogens is 1. The quantitative estimate of drug-likeness (QED) is 0.729. The highest BCUT2D eigenvalue weighted by Crippen LogP contribution is 2.43. The Bertz CT molecular complexity index is 1180. The number of fused-ring (bicyclic) bond motifs is 2. The third kappa shape index (κ3) is 2.35. The normalized spacial score (nSPS) is 22.2. The number of amides is 1. The zero-order valence-corrected chi connectivity index (χ0v) is 15.6. The van der Waals surface area contributed by atoms with Gasteiger partial charge in [-0.2, -0.15) is 0 Å². The molecule has 2 atom stereocenters. The van der Waals surface area contributed by atoms with Gasteiger partial charge < -0.3 is 5.32 Å². The highest BCUT2D eigenvalue weighted by Gasteiger charge is 2.57. The number of hydrogen-bond acceptors (Lipinski definition) is 5. The highest BCUT2D eigenvalue weighted by molar-refractivity contribution is 6.26. The van der Waals surface area contributed by atoms with Gasteiger partial charge in [-0.25, -0.2) is 0 Å². The molecule has 0 spiro atoms. The molecule has 1 amide bonds. The maximum Gasteiger partial charge on any atom is 0.260 e. The van der Waals surface area contributed by atoms with Gasteiger partial charge >= 0.3 is 0 Å². The number of carbonyl (C=O) groups is 3. The lowest BCUT2D eigenvalue weighted by Gasteiger charge is -2.35. The van der Waals surface area contributed by atoms with E-state index < -0.39 is 11.6 Å². The SMILES string of the molecule is CC1(C2C(=O)c3ccccc3N2C(=O)c2cccnc2)Nc2ccccc2C1=O.[HH]. The van der Waals surface area contributed by atoms with Crippen LogP contribution in [0.3, 0.4) is 0 Å². The number of anilines is 2. The van der Waals surface area contributed by atoms with E-state index in [9.17, 15) is 14.4 Å². The molecule has 0 saturated carbocycles. The number of para-hydroxylation sites is 2. The fourth-order valence-electron chi connectivity index (χ4n) is 4.27. The Morgan fingerprint density at radius 2 is 1.76 bits per heavy atom. The van der Waals surface area contributed by atoms with Crippen LogP contribution in [0.2, 0.25) is 0 Å². The molecule has 6 nitrogen and oxygen atoms in total. The van der Waals surface area contributed by atoms with Gasteiger partial charge in [0.05, 0.1) is 11.3 Å². The summed E-state index contributed by atoms with van der Waals surface area (Å²) in [5.41, 5.74) is 1.20. The topological polar surface area (TPSA) is 79.4 Å². The van der Waals surface area contributed by atoms with Gasteiger partial charge in [0.1, 0.15) is 11.6 Å². The van der Waals surface area contributed by atoms with E-state index in [4.69, 9.17) is 0 Å². The molecule has 3 aromatic rings. The summed E-state index contributed by atoms with van der Waals surface area (Å²) in [5, 5.41) is 3.22. The molecule has 6 heteroatoms. The first-order valence-electron chi connectivity index (χ1n) is 9.31. The molecule has 0 aliphatic carbocycles. The molecule has 3 heterocycles. The summed E-state index contributed by atoms with van der Waals surface area (Å²) in [7, 11) is 0. The Morgan fingerprint density at radius 3 is 2.48 bits per heavy atom. The van der Waals surface area contributed by atoms with Crippen molar-refractivity contribution in [3.05, 3.63) is 89.7 Å². The van der Waals surface area contributed by atoms with Gasteiger partial charge in [0.2, 0.25) is 0 Å². The van der Waals surface area contributed by atoms with Crippen LogP contribution in [-0.2, 0) is 0 Å². The molecule has 0 fully saturated rings. The van der Waals surface area contributed by atoms with Crippen molar-refractivity contribution in [2.45, 2.75) is 18.5 Å². The number of ketones is 2. The number of hydrogen-bond donors (Lipinski definition) is 1. The molecule has 1 N–H and O–H groups in total. The molecule has 144 valence electrons. The summed E-state index contributed by atoms with van der Waals surface area (Å²) in [6, 6.07) is 16.4. The Balaban J connectivity index is 0.00000218. The Kier molecular flexibility index (Phi) is 3.64. The highest BCUT2D eigenvalue weighted by atomic mass is 16.2. The second-order valence-electron chi connectivity index (χ2n) is 7.40. The van der Waals surface area contributed by atoms with E-state index in [0.29, 0.717) is 28.1 Å². The molecule has 0 radical (unpaired) electrons. The third-order valence-corrected chi connectivity index (χ3v) is 5.65. The van der Waals surface area contributed by atoms with Crippen molar-refractivity contribution in [3.63, 3.8) is 0 Å². The van der Waals surface area contributed by atoms with Crippen LogP contribution >= 0.6 is 0 Å². The molecule has 5 rings (SSSR count). The van der Waals surface area contributed by atoms with Gasteiger partial charge in [-0.15, -0.1) is 0 Å². The smallest absolute Gasteiger partial charge is 0.260 e. The van der Waals surface area contributed by atoms with E-state index in [1.165, 1.54) is 11.1 Å². The summed E-state index contributed by atoms with van der Waals surface area (Å²) in [5.74, 6) is -0.828. The fraction of sp³-hybridized carbons (Fsp3) is 0.130. The summed E-state index contributed by atoms with van der Waals surface area (Å²) in [6.07, 6.45) is 3.04. The molecule has 0 bridgehead atoms. The van der Waals surface area contributed by atoms with Crippen LogP contribution in [0, 0.1) is 0 Å². The molecule has 29 heavy (non-hydrogen) atoms. The maximum atomic E-state index is 13.4. The number of Topliss-reactive ketones (excluding diaryl/α,β-unsaturated/α-hetero) is 2. The molecule has 1 aromatic heterocycles. The van der Waals surface area contributed by atoms with E-state index in [1.807, 2.05) is 6.07 Å². The van der Waals surface area contributed by atoms with Crippen molar-refractivity contribution in [2.24, 2.45) is 0 Å². The van der Waals surface area contributed by atoms with Crippen LogP contribution in [0.15, 0.2) is 73.1 Å². The predicted octanol–water partition coefficient (Wildman–Crippen LogP) is 3.61. The Morgan fingerprint density at radius 1 is 1.03 bits per heavy atom. The minimum absolute atomic E-state index is 0. The lowest BCUT2D eigenvalue weighted by molar-refractivity contribution is 0.0813. The molecule has 0 saturated heterocycles. The standard InChI is InChI=1S/C23H17N3O3.H2/c1-23(21(28)15-8-2-4-10-17(15)25-23)20-19(27)16-9-3-5-11-18(16)26(20)22(29)14-7-6-12-24-13-14;/h2-13,20,25H,1H3;1H. The minimum Gasteiger partial charge on any atom is -0.370 e. The number of benzene rings is 2. The number of carbonyl (C=O) groups excluding carboxylic acids is 3. The van der Waals surface area contributed by atoms with Gasteiger partial charge in [0, 0.05) is 30.6 Å². The van der Waals surface area contributed by atoms with Gasteiger partial charge in [-0.05, 0) is 43.3 Å². The van der Waals surface area contributed by atoms with Crippen LogP contribution in [0.25, 0.3) is 0 Å². The number of rotatable bonds is 2. The van der Waals surface area contributed by atoms with Crippen LogP contribution in [-0.4, -0.2) is 34.0 Å². The van der Waals surface area contributed by atoms with Crippen LogP contribution in [0.4, 0.5) is 11.4 Å². The van der Waals surface area contributed by atoms with E-state index in [2.05, 4.69) is 10.3 Å². The average molecular weight is 385 g/mol. The van der Waals surface area contributed by atoms with Crippen molar-refractivity contribution >= 4 is 28.8 Å². The second kappa shape index (κ2) is 6.10. The molecular weight excluding hydrogens is 366 g/mol. The maximum absolute atomic E-state index is 13.4. The van der Waals surface area contributed by atoms with Crippen molar-refractivity contribution < 1.29 is 15.8 Å². The van der Waals surface area contributed by atoms with Gasteiger partial charge in [0.25, 0.3) is 5.91 Å². The van der Waals surface area contributed by atoms with E-state index in [1.54, 1.807) is 67.7 Å². The third-order valence-electron chi connectivity index (χ3n) is 5.65. The fourth-order valence-corrected chi connectivity index (χ4v) is 4.27. The number of nitrogens with one attached hydrogen (secondary N) is 1. The zero-order valence-electron chi connectivity index (χ0n) is 15.6. The molecule has 2 unspecified atom stereocenters. The van der Waals surface area contributed by atoms with Crippen molar-refractivity contribution in [1.29, 1.82) is 0 Å². The predicted molar refractivity (Wildman–Crippen MR) is 111 cm³/mol. The Hall–Kier alpha value is -3.80. The summed E-state index contributed by atoms with van der Waals surface area (Å²) < 4.78 is 0. The van der Waals surface area contributed by atoms with Crippen LogP contribution in [0.5, 0.6) is 0 Å². The van der Waals surface area contributed by atoms with E-state index in [-0.39, 0.29) is 18.9 Å². The summed E-state index contributed by atoms with van der Waals surface area (Å²) in [4.78, 5) is 45.7. The first kappa shape index (κ1) is 17.3. The monoisotopic (exact) mass is 385 g/mol. The van der Waals surface area contributed by atoms with Gasteiger partial charge in [-0.1, -0.05) is 24.3 Å². The van der Waals surface area contributed by atoms with Crippen LogP contribution < -0.4 is 10.2 Å². The molecular formula is C23H19N3O3. The zero-order chi connectivity index (χ0) is 20.2. The van der Waals surface area contributed by atoms with E-state index in [0.717, 1.165) is 0 Å². The van der Waals surface area contributed by atoms with Crippen molar-refractivity contribution in [1.82, 2.24) is 4.98 Å². The Labute approximate surface area is 168 Å². The lowest BCUT2D eigenvalue weighted by atomic mass is 9.84. The summed E-state index contributed by atoms with van der Waals surface area (Å²) >= 11 is 0. The van der Waals surface area contributed by atoms with Crippen LogP contribution in [0.1, 0.15) is 39.4 Å². The van der Waals surface area contributed by atoms with E-state index >= 15 is 0 Å². The first-order valence-corrected chi connectivity index (χ1v) is 9.31. The van der Waals surface area contributed by atoms with Crippen molar-refractivity contribution in [2.75, 3.05) is 10.2 Å². The largest absolute Gasteiger partial charge is 0.370 e.